The molecule has 74 valence electrons. The van der Waals surface area contributed by atoms with Gasteiger partial charge in [0.25, 0.3) is 0 Å². The zero-order valence-electron chi connectivity index (χ0n) is 8.36. The lowest BCUT2D eigenvalue weighted by atomic mass is 9.95. The van der Waals surface area contributed by atoms with Gasteiger partial charge in [0.1, 0.15) is 0 Å². The lowest BCUT2D eigenvalue weighted by molar-refractivity contribution is -0.171. The van der Waals surface area contributed by atoms with Gasteiger partial charge in [0, 0.05) is 20.2 Å². The highest BCUT2D eigenvalue weighted by Gasteiger charge is 2.03. The minimum Gasteiger partial charge on any atom is -0.365 e. The van der Waals surface area contributed by atoms with Crippen LogP contribution >= 0.6 is 0 Å². The summed E-state index contributed by atoms with van der Waals surface area (Å²) in [6.45, 7) is 3.21. The lowest BCUT2D eigenvalue weighted by Crippen LogP contribution is -2.16. The summed E-state index contributed by atoms with van der Waals surface area (Å²) in [5.74, 6) is -0.435. The zero-order valence-corrected chi connectivity index (χ0v) is 8.36. The van der Waals surface area contributed by atoms with Gasteiger partial charge in [-0.25, -0.2) is 4.79 Å². The van der Waals surface area contributed by atoms with Crippen molar-refractivity contribution in [3.8, 4) is 11.1 Å². The van der Waals surface area contributed by atoms with Crippen molar-refractivity contribution in [1.29, 1.82) is 0 Å². The molecular formula is C11H13NO2. The maximum atomic E-state index is 10.2. The van der Waals surface area contributed by atoms with Crippen LogP contribution in [0.5, 0.6) is 0 Å². The van der Waals surface area contributed by atoms with Crippen LogP contribution in [0.25, 0.3) is 11.1 Å². The van der Waals surface area contributed by atoms with E-state index < -0.39 is 5.97 Å². The van der Waals surface area contributed by atoms with Gasteiger partial charge in [-0.1, -0.05) is 30.8 Å². The summed E-state index contributed by atoms with van der Waals surface area (Å²) in [6.07, 6.45) is 1.11. The Morgan fingerprint density at radius 2 is 1.71 bits per heavy atom. The zero-order chi connectivity index (χ0) is 10.6. The van der Waals surface area contributed by atoms with Gasteiger partial charge in [-0.2, -0.15) is 0 Å². The summed E-state index contributed by atoms with van der Waals surface area (Å²) >= 11 is 0. The van der Waals surface area contributed by atoms with Crippen molar-refractivity contribution in [1.82, 2.24) is 5.06 Å². The molecule has 0 unspecified atom stereocenters. The van der Waals surface area contributed by atoms with E-state index in [1.807, 2.05) is 0 Å². The lowest BCUT2D eigenvalue weighted by Gasteiger charge is -2.10. The predicted molar refractivity (Wildman–Crippen MR) is 55.4 cm³/mol. The third-order valence-electron chi connectivity index (χ3n) is 1.66. The highest BCUT2D eigenvalue weighted by molar-refractivity contribution is 5.80. The SMILES string of the molecule is C=CC(=O)ON(C)C.c1cc2ccc1-2. The molecule has 2 rings (SSSR count). The number of benzene rings is 1. The summed E-state index contributed by atoms with van der Waals surface area (Å²) in [6, 6.07) is 8.48. The Hall–Kier alpha value is -1.61. The number of carbonyl (C=O) groups is 1. The second kappa shape index (κ2) is 4.58. The molecular weight excluding hydrogens is 178 g/mol. The molecule has 0 aromatic heterocycles. The monoisotopic (exact) mass is 191 g/mol. The Bertz CT molecular complexity index is 307. The number of nitrogens with zero attached hydrogens (tertiary/aromatic N) is 1. The van der Waals surface area contributed by atoms with E-state index in [0.717, 1.165) is 6.08 Å². The van der Waals surface area contributed by atoms with Gasteiger partial charge in [0.05, 0.1) is 0 Å². The molecule has 0 spiro atoms. The van der Waals surface area contributed by atoms with E-state index in [4.69, 9.17) is 0 Å². The summed E-state index contributed by atoms with van der Waals surface area (Å²) in [4.78, 5) is 14.7. The van der Waals surface area contributed by atoms with Crippen molar-refractivity contribution >= 4 is 5.97 Å². The fourth-order valence-corrected chi connectivity index (χ4v) is 0.880. The van der Waals surface area contributed by atoms with Crippen LogP contribution in [0.4, 0.5) is 0 Å². The summed E-state index contributed by atoms with van der Waals surface area (Å²) < 4.78 is 0. The van der Waals surface area contributed by atoms with Crippen LogP contribution in [0, 0.1) is 0 Å². The number of hydroxylamine groups is 2. The van der Waals surface area contributed by atoms with Crippen molar-refractivity contribution in [2.24, 2.45) is 0 Å². The molecule has 0 aromatic rings. The average molecular weight is 191 g/mol. The molecule has 2 aliphatic rings. The number of fused-ring (bicyclic) bond motifs is 1. The molecule has 0 N–H and O–H groups in total. The first kappa shape index (κ1) is 10.5. The van der Waals surface area contributed by atoms with Crippen LogP contribution in [0.15, 0.2) is 36.9 Å². The Labute approximate surface area is 83.6 Å². The molecule has 0 radical (unpaired) electrons. The largest absolute Gasteiger partial charge is 0.365 e. The van der Waals surface area contributed by atoms with Crippen molar-refractivity contribution < 1.29 is 9.63 Å². The maximum Gasteiger partial charge on any atom is 0.349 e. The van der Waals surface area contributed by atoms with E-state index in [2.05, 4.69) is 35.7 Å². The predicted octanol–water partition coefficient (Wildman–Crippen LogP) is 1.86. The summed E-state index contributed by atoms with van der Waals surface area (Å²) in [5, 5.41) is 1.31. The second-order valence-corrected chi connectivity index (χ2v) is 3.00. The number of rotatable bonds is 2. The average Bonchev–Trinajstić information content (AvgIpc) is 2.11. The van der Waals surface area contributed by atoms with Crippen LogP contribution in [0.1, 0.15) is 0 Å². The Morgan fingerprint density at radius 1 is 1.29 bits per heavy atom. The topological polar surface area (TPSA) is 29.5 Å². The summed E-state index contributed by atoms with van der Waals surface area (Å²) in [5.41, 5.74) is 2.85. The number of carbonyl (C=O) groups excluding carboxylic acids is 1. The van der Waals surface area contributed by atoms with Gasteiger partial charge in [-0.15, -0.1) is 5.06 Å². The van der Waals surface area contributed by atoms with Gasteiger partial charge >= 0.3 is 5.97 Å². The quantitative estimate of drug-likeness (QED) is 0.536. The fourth-order valence-electron chi connectivity index (χ4n) is 0.880. The molecule has 0 aliphatic heterocycles. The van der Waals surface area contributed by atoms with Crippen molar-refractivity contribution in [3.05, 3.63) is 36.9 Å². The van der Waals surface area contributed by atoms with Crippen molar-refractivity contribution in [2.45, 2.75) is 0 Å². The highest BCUT2D eigenvalue weighted by Crippen LogP contribution is 2.29. The van der Waals surface area contributed by atoms with Gasteiger partial charge < -0.3 is 4.84 Å². The third-order valence-corrected chi connectivity index (χ3v) is 1.66. The molecule has 0 aromatic carbocycles. The second-order valence-electron chi connectivity index (χ2n) is 3.00. The van der Waals surface area contributed by atoms with Gasteiger partial charge in [0.15, 0.2) is 0 Å². The standard InChI is InChI=1S/C6H4.C5H9NO2/c1-2-6-4-3-5(1)6;1-4-5(7)8-6(2)3/h1-4H;4H,1H2,2-3H3. The van der Waals surface area contributed by atoms with Gasteiger partial charge in [-0.3, -0.25) is 0 Å². The number of hydrogen-bond donors (Lipinski definition) is 0. The molecule has 0 bridgehead atoms. The Morgan fingerprint density at radius 3 is 1.79 bits per heavy atom. The molecule has 0 saturated carbocycles. The molecule has 3 nitrogen and oxygen atoms in total. The molecule has 2 aliphatic carbocycles. The minimum absolute atomic E-state index is 0.435. The molecule has 14 heavy (non-hydrogen) atoms. The van der Waals surface area contributed by atoms with E-state index in [-0.39, 0.29) is 0 Å². The van der Waals surface area contributed by atoms with Gasteiger partial charge in [0.2, 0.25) is 0 Å². The first-order valence-corrected chi connectivity index (χ1v) is 4.25. The maximum absolute atomic E-state index is 10.2. The first-order chi connectivity index (χ1) is 6.63. The van der Waals surface area contributed by atoms with E-state index in [1.54, 1.807) is 14.1 Å². The van der Waals surface area contributed by atoms with Crippen LogP contribution < -0.4 is 0 Å². The Balaban J connectivity index is 0.000000143. The van der Waals surface area contributed by atoms with Crippen LogP contribution in [0.3, 0.4) is 0 Å². The molecule has 0 fully saturated rings. The molecule has 0 saturated heterocycles. The van der Waals surface area contributed by atoms with E-state index >= 15 is 0 Å². The smallest absolute Gasteiger partial charge is 0.349 e. The first-order valence-electron chi connectivity index (χ1n) is 4.25. The van der Waals surface area contributed by atoms with Crippen LogP contribution in [-0.4, -0.2) is 25.1 Å². The minimum atomic E-state index is -0.435. The molecule has 0 atom stereocenters. The van der Waals surface area contributed by atoms with E-state index in [1.165, 1.54) is 16.2 Å². The number of hydrogen-bond acceptors (Lipinski definition) is 3. The highest BCUT2D eigenvalue weighted by atomic mass is 16.7. The molecule has 0 heterocycles. The van der Waals surface area contributed by atoms with Crippen molar-refractivity contribution in [2.75, 3.05) is 14.1 Å². The Kier molecular flexibility index (Phi) is 3.42. The van der Waals surface area contributed by atoms with Crippen LogP contribution in [-0.2, 0) is 9.63 Å². The molecule has 3 heteroatoms. The summed E-state index contributed by atoms with van der Waals surface area (Å²) in [7, 11) is 3.25. The van der Waals surface area contributed by atoms with Gasteiger partial charge in [-0.05, 0) is 11.1 Å². The fraction of sp³-hybridized carbons (Fsp3) is 0.182. The van der Waals surface area contributed by atoms with Crippen molar-refractivity contribution in [3.63, 3.8) is 0 Å². The van der Waals surface area contributed by atoms with E-state index in [0.29, 0.717) is 0 Å². The third kappa shape index (κ3) is 2.71. The molecule has 0 amide bonds. The normalized spacial score (nSPS) is 9.93. The van der Waals surface area contributed by atoms with E-state index in [9.17, 15) is 4.79 Å². The van der Waals surface area contributed by atoms with Crippen LogP contribution in [0.2, 0.25) is 0 Å².